The first-order valence-corrected chi connectivity index (χ1v) is 7.59. The summed E-state index contributed by atoms with van der Waals surface area (Å²) < 4.78 is 14.0. The van der Waals surface area contributed by atoms with Crippen LogP contribution in [0, 0.1) is 5.82 Å². The Kier molecular flexibility index (Phi) is 4.01. The molecule has 0 spiro atoms. The number of carbonyl (C=O) groups is 1. The van der Waals surface area contributed by atoms with Crippen LogP contribution < -0.4 is 0 Å². The Balaban J connectivity index is 1.87. The Bertz CT molecular complexity index is 659. The van der Waals surface area contributed by atoms with E-state index < -0.39 is 5.82 Å². The maximum absolute atomic E-state index is 13.4. The van der Waals surface area contributed by atoms with Crippen LogP contribution in [0.15, 0.2) is 47.2 Å². The second-order valence-electron chi connectivity index (χ2n) is 5.15. The number of rotatable bonds is 4. The first-order valence-electron chi connectivity index (χ1n) is 6.80. The molecule has 0 atom stereocenters. The van der Waals surface area contributed by atoms with Gasteiger partial charge in [0.1, 0.15) is 5.82 Å². The fourth-order valence-electron chi connectivity index (χ4n) is 2.26. The molecular formula is C16H14BrFN2O. The molecule has 0 aliphatic heterocycles. The molecule has 3 rings (SSSR count). The van der Waals surface area contributed by atoms with Crippen LogP contribution in [0.25, 0.3) is 0 Å². The molecule has 1 aromatic carbocycles. The monoisotopic (exact) mass is 348 g/mol. The maximum Gasteiger partial charge on any atom is 0.255 e. The third kappa shape index (κ3) is 3.29. The first-order chi connectivity index (χ1) is 10.1. The molecule has 1 aliphatic carbocycles. The van der Waals surface area contributed by atoms with Crippen LogP contribution in [0.2, 0.25) is 0 Å². The zero-order valence-electron chi connectivity index (χ0n) is 11.3. The number of aromatic nitrogens is 1. The van der Waals surface area contributed by atoms with Crippen LogP contribution in [0.5, 0.6) is 0 Å². The Morgan fingerprint density at radius 3 is 2.86 bits per heavy atom. The number of hydrogen-bond donors (Lipinski definition) is 0. The number of pyridine rings is 1. The lowest BCUT2D eigenvalue weighted by atomic mass is 10.1. The van der Waals surface area contributed by atoms with Crippen LogP contribution in [0.1, 0.15) is 28.8 Å². The van der Waals surface area contributed by atoms with E-state index >= 15 is 0 Å². The van der Waals surface area contributed by atoms with Gasteiger partial charge in [0, 0.05) is 29.5 Å². The van der Waals surface area contributed by atoms with Crippen LogP contribution >= 0.6 is 15.9 Å². The molecule has 1 heterocycles. The standard InChI is InChI=1S/C16H14BrFN2O/c17-15-6-3-12(18)8-14(15)16(21)20(13-4-5-13)10-11-2-1-7-19-9-11/h1-3,6-9,13H,4-5,10H2. The molecule has 0 radical (unpaired) electrons. The zero-order valence-corrected chi connectivity index (χ0v) is 12.9. The average Bonchev–Trinajstić information content (AvgIpc) is 3.32. The minimum absolute atomic E-state index is 0.146. The molecule has 108 valence electrons. The lowest BCUT2D eigenvalue weighted by Gasteiger charge is -2.23. The third-order valence-corrected chi connectivity index (χ3v) is 4.17. The van der Waals surface area contributed by atoms with E-state index in [1.165, 1.54) is 12.1 Å². The number of nitrogens with zero attached hydrogens (tertiary/aromatic N) is 2. The number of hydrogen-bond acceptors (Lipinski definition) is 2. The maximum atomic E-state index is 13.4. The Labute approximate surface area is 130 Å². The van der Waals surface area contributed by atoms with Gasteiger partial charge in [-0.2, -0.15) is 0 Å². The summed E-state index contributed by atoms with van der Waals surface area (Å²) in [5, 5.41) is 0. The van der Waals surface area contributed by atoms with E-state index in [0.717, 1.165) is 18.4 Å². The van der Waals surface area contributed by atoms with Gasteiger partial charge >= 0.3 is 0 Å². The van der Waals surface area contributed by atoms with Crippen LogP contribution in [0.4, 0.5) is 4.39 Å². The van der Waals surface area contributed by atoms with E-state index in [4.69, 9.17) is 0 Å². The Morgan fingerprint density at radius 2 is 2.19 bits per heavy atom. The van der Waals surface area contributed by atoms with E-state index in [1.807, 2.05) is 12.1 Å². The van der Waals surface area contributed by atoms with Crippen molar-refractivity contribution in [3.8, 4) is 0 Å². The second-order valence-corrected chi connectivity index (χ2v) is 6.00. The molecule has 5 heteroatoms. The number of halogens is 2. The lowest BCUT2D eigenvalue weighted by Crippen LogP contribution is -2.33. The van der Waals surface area contributed by atoms with Gasteiger partial charge in [0.2, 0.25) is 0 Å². The smallest absolute Gasteiger partial charge is 0.255 e. The highest BCUT2D eigenvalue weighted by atomic mass is 79.9. The predicted octanol–water partition coefficient (Wildman–Crippen LogP) is 3.79. The van der Waals surface area contributed by atoms with Crippen LogP contribution in [-0.2, 0) is 6.54 Å². The topological polar surface area (TPSA) is 33.2 Å². The third-order valence-electron chi connectivity index (χ3n) is 3.48. The average molecular weight is 349 g/mol. The summed E-state index contributed by atoms with van der Waals surface area (Å²) in [5.74, 6) is -0.550. The van der Waals surface area contributed by atoms with Crippen LogP contribution in [0.3, 0.4) is 0 Å². The van der Waals surface area contributed by atoms with E-state index in [0.29, 0.717) is 16.6 Å². The van der Waals surface area contributed by atoms with Gasteiger partial charge in [-0.1, -0.05) is 6.07 Å². The van der Waals surface area contributed by atoms with Crippen molar-refractivity contribution < 1.29 is 9.18 Å². The first kappa shape index (κ1) is 14.2. The van der Waals surface area contributed by atoms with E-state index in [-0.39, 0.29) is 11.9 Å². The predicted molar refractivity (Wildman–Crippen MR) is 81.2 cm³/mol. The summed E-state index contributed by atoms with van der Waals surface area (Å²) in [7, 11) is 0. The van der Waals surface area contributed by atoms with Gasteiger partial charge in [-0.15, -0.1) is 0 Å². The van der Waals surface area contributed by atoms with Crippen LogP contribution in [-0.4, -0.2) is 21.8 Å². The van der Waals surface area contributed by atoms with Gasteiger partial charge < -0.3 is 4.90 Å². The van der Waals surface area contributed by atoms with Gasteiger partial charge in [-0.05, 0) is 58.6 Å². The summed E-state index contributed by atoms with van der Waals surface area (Å²) in [6.07, 6.45) is 5.46. The molecule has 0 bridgehead atoms. The molecule has 0 saturated heterocycles. The van der Waals surface area contributed by atoms with Gasteiger partial charge in [0.15, 0.2) is 0 Å². The van der Waals surface area contributed by atoms with Crippen molar-refractivity contribution in [1.29, 1.82) is 0 Å². The highest BCUT2D eigenvalue weighted by molar-refractivity contribution is 9.10. The van der Waals surface area contributed by atoms with Gasteiger partial charge in [-0.3, -0.25) is 9.78 Å². The summed E-state index contributed by atoms with van der Waals surface area (Å²) >= 11 is 3.33. The van der Waals surface area contributed by atoms with E-state index in [2.05, 4.69) is 20.9 Å². The lowest BCUT2D eigenvalue weighted by molar-refractivity contribution is 0.0728. The minimum Gasteiger partial charge on any atom is -0.331 e. The van der Waals surface area contributed by atoms with E-state index in [1.54, 1.807) is 23.4 Å². The largest absolute Gasteiger partial charge is 0.331 e. The Morgan fingerprint density at radius 1 is 1.38 bits per heavy atom. The molecule has 21 heavy (non-hydrogen) atoms. The van der Waals surface area contributed by atoms with Crippen molar-refractivity contribution in [2.75, 3.05) is 0 Å². The van der Waals surface area contributed by atoms with Gasteiger partial charge in [0.25, 0.3) is 5.91 Å². The summed E-state index contributed by atoms with van der Waals surface area (Å²) in [5.41, 5.74) is 1.34. The molecule has 3 nitrogen and oxygen atoms in total. The molecule has 0 N–H and O–H groups in total. The molecular weight excluding hydrogens is 335 g/mol. The highest BCUT2D eigenvalue weighted by Crippen LogP contribution is 2.31. The highest BCUT2D eigenvalue weighted by Gasteiger charge is 2.33. The van der Waals surface area contributed by atoms with Gasteiger partial charge in [0.05, 0.1) is 5.56 Å². The fraction of sp³-hybridized carbons (Fsp3) is 0.250. The second kappa shape index (κ2) is 5.93. The van der Waals surface area contributed by atoms with E-state index in [9.17, 15) is 9.18 Å². The summed E-state index contributed by atoms with van der Waals surface area (Å²) in [6.45, 7) is 0.500. The molecule has 1 amide bonds. The van der Waals surface area contributed by atoms with Crippen molar-refractivity contribution >= 4 is 21.8 Å². The molecule has 2 aromatic rings. The molecule has 1 saturated carbocycles. The SMILES string of the molecule is O=C(c1cc(F)ccc1Br)N(Cc1cccnc1)C1CC1. The van der Waals surface area contributed by atoms with Crippen molar-refractivity contribution in [2.45, 2.75) is 25.4 Å². The molecule has 1 aromatic heterocycles. The molecule has 1 aliphatic rings. The number of amides is 1. The van der Waals surface area contributed by atoms with Crippen molar-refractivity contribution in [3.05, 3.63) is 64.1 Å². The number of benzene rings is 1. The fourth-order valence-corrected chi connectivity index (χ4v) is 2.67. The minimum atomic E-state index is -0.404. The molecule has 1 fully saturated rings. The van der Waals surface area contributed by atoms with Gasteiger partial charge in [-0.25, -0.2) is 4.39 Å². The van der Waals surface area contributed by atoms with Crippen molar-refractivity contribution in [3.63, 3.8) is 0 Å². The number of carbonyl (C=O) groups excluding carboxylic acids is 1. The zero-order chi connectivity index (χ0) is 14.8. The summed E-state index contributed by atoms with van der Waals surface area (Å²) in [6, 6.07) is 8.22. The normalized spacial score (nSPS) is 14.0. The summed E-state index contributed by atoms with van der Waals surface area (Å²) in [4.78, 5) is 18.6. The molecule has 0 unspecified atom stereocenters. The van der Waals surface area contributed by atoms with Crippen molar-refractivity contribution in [2.24, 2.45) is 0 Å². The Hall–Kier alpha value is -1.75. The quantitative estimate of drug-likeness (QED) is 0.842. The van der Waals surface area contributed by atoms with Crippen molar-refractivity contribution in [1.82, 2.24) is 9.88 Å².